The average molecular weight is 676 g/mol. The summed E-state index contributed by atoms with van der Waals surface area (Å²) < 4.78 is 91.8. The molecule has 1 atom stereocenters. The first-order chi connectivity index (χ1) is 21.8. The number of amides is 1. The number of piperazine rings is 1. The minimum absolute atomic E-state index is 0.0973. The molecule has 1 amide bonds. The highest BCUT2D eigenvalue weighted by Crippen LogP contribution is 2.49. The molecular formula is C31H35F6N3O5S. The monoisotopic (exact) mass is 675 g/mol. The van der Waals surface area contributed by atoms with Crippen LogP contribution >= 0.6 is 11.8 Å². The van der Waals surface area contributed by atoms with Crippen molar-refractivity contribution in [3.05, 3.63) is 59.2 Å². The highest BCUT2D eigenvalue weighted by atomic mass is 32.2. The number of nitrogens with zero attached hydrogens (tertiary/aromatic N) is 3. The summed E-state index contributed by atoms with van der Waals surface area (Å²) in [5.41, 5.74) is -4.09. The minimum atomic E-state index is -5.39. The molecule has 2 N–H and O–H groups in total. The number of carboxylic acid groups (broad SMARTS) is 1. The minimum Gasteiger partial charge on any atom is -0.481 e. The van der Waals surface area contributed by atoms with Crippen LogP contribution < -0.4 is 4.90 Å². The van der Waals surface area contributed by atoms with E-state index in [0.29, 0.717) is 63.1 Å². The topological polar surface area (TPSA) is 93.6 Å². The van der Waals surface area contributed by atoms with Crippen molar-refractivity contribution in [2.75, 3.05) is 70.5 Å². The number of aliphatic hydroxyl groups is 1. The molecule has 0 saturated carbocycles. The van der Waals surface area contributed by atoms with Gasteiger partial charge in [-0.05, 0) is 42.7 Å². The van der Waals surface area contributed by atoms with Crippen molar-refractivity contribution in [2.45, 2.75) is 35.0 Å². The number of aliphatic carboxylic acids is 1. The number of halogens is 6. The second-order valence-electron chi connectivity index (χ2n) is 10.9. The predicted molar refractivity (Wildman–Crippen MR) is 160 cm³/mol. The summed E-state index contributed by atoms with van der Waals surface area (Å²) in [6, 6.07) is 8.18. The number of para-hydroxylation sites is 1. The normalized spacial score (nSPS) is 18.4. The molecule has 15 heteroatoms. The van der Waals surface area contributed by atoms with Crippen molar-refractivity contribution in [3.63, 3.8) is 0 Å². The molecule has 2 saturated heterocycles. The van der Waals surface area contributed by atoms with E-state index in [0.717, 1.165) is 24.3 Å². The van der Waals surface area contributed by atoms with E-state index in [2.05, 4.69) is 0 Å². The van der Waals surface area contributed by atoms with Crippen molar-refractivity contribution in [1.29, 1.82) is 0 Å². The summed E-state index contributed by atoms with van der Waals surface area (Å²) in [4.78, 5) is 29.1. The molecule has 2 aromatic carbocycles. The van der Waals surface area contributed by atoms with Crippen molar-refractivity contribution >= 4 is 35.4 Å². The maximum atomic E-state index is 14.5. The van der Waals surface area contributed by atoms with Gasteiger partial charge in [-0.1, -0.05) is 30.0 Å². The molecule has 2 heterocycles. The standard InChI is InChI=1S/C31H35F6N3O5S/c32-30(33,34)27-21(8-10-26(42)39-14-12-38(13-15-39)16-18-45-19-17-41)7-9-25(28(27)31(35,36)37)46-24-6-2-1-5-23(24)40-11-3-4-22(20-40)29(43)44/h1-2,5-10,22,41H,3-4,11-20H2,(H,43,44). The van der Waals surface area contributed by atoms with Crippen molar-refractivity contribution in [2.24, 2.45) is 5.92 Å². The van der Waals surface area contributed by atoms with Crippen molar-refractivity contribution < 1.29 is 50.9 Å². The van der Waals surface area contributed by atoms with Gasteiger partial charge in [0, 0.05) is 61.7 Å². The zero-order valence-electron chi connectivity index (χ0n) is 24.8. The van der Waals surface area contributed by atoms with Gasteiger partial charge in [-0.15, -0.1) is 0 Å². The van der Waals surface area contributed by atoms with E-state index in [1.807, 2.05) is 4.90 Å². The summed E-state index contributed by atoms with van der Waals surface area (Å²) >= 11 is 0.531. The lowest BCUT2D eigenvalue weighted by Gasteiger charge is -2.34. The van der Waals surface area contributed by atoms with Gasteiger partial charge in [0.1, 0.15) is 0 Å². The number of anilines is 1. The van der Waals surface area contributed by atoms with Crippen LogP contribution in [0.25, 0.3) is 6.08 Å². The zero-order chi connectivity index (χ0) is 33.5. The Labute approximate surface area is 266 Å². The Kier molecular flexibility index (Phi) is 12.0. The Hall–Kier alpha value is -3.27. The molecule has 46 heavy (non-hydrogen) atoms. The van der Waals surface area contributed by atoms with E-state index in [1.54, 1.807) is 23.1 Å². The number of carbonyl (C=O) groups excluding carboxylic acids is 1. The number of aliphatic hydroxyl groups excluding tert-OH is 1. The van der Waals surface area contributed by atoms with Gasteiger partial charge in [0.05, 0.1) is 42.6 Å². The lowest BCUT2D eigenvalue weighted by molar-refractivity contribution is -0.163. The molecule has 2 fully saturated rings. The maximum Gasteiger partial charge on any atom is 0.418 e. The summed E-state index contributed by atoms with van der Waals surface area (Å²) in [7, 11) is 0. The lowest BCUT2D eigenvalue weighted by atomic mass is 9.98. The van der Waals surface area contributed by atoms with E-state index >= 15 is 0 Å². The van der Waals surface area contributed by atoms with Crippen LogP contribution in [0.15, 0.2) is 52.3 Å². The molecular weight excluding hydrogens is 640 g/mol. The third-order valence-electron chi connectivity index (χ3n) is 7.84. The second-order valence-corrected chi connectivity index (χ2v) is 12.0. The van der Waals surface area contributed by atoms with Crippen LogP contribution in [-0.4, -0.2) is 97.5 Å². The highest BCUT2D eigenvalue weighted by Gasteiger charge is 2.46. The predicted octanol–water partition coefficient (Wildman–Crippen LogP) is 5.34. The largest absolute Gasteiger partial charge is 0.481 e. The third kappa shape index (κ3) is 9.17. The van der Waals surface area contributed by atoms with Gasteiger partial charge in [0.2, 0.25) is 5.91 Å². The van der Waals surface area contributed by atoms with Gasteiger partial charge < -0.3 is 24.7 Å². The van der Waals surface area contributed by atoms with Gasteiger partial charge in [-0.2, -0.15) is 26.3 Å². The van der Waals surface area contributed by atoms with Crippen LogP contribution in [0.3, 0.4) is 0 Å². The van der Waals surface area contributed by atoms with Crippen molar-refractivity contribution in [3.8, 4) is 0 Å². The van der Waals surface area contributed by atoms with E-state index in [9.17, 15) is 41.0 Å². The number of ether oxygens (including phenoxy) is 1. The van der Waals surface area contributed by atoms with Crippen LogP contribution in [0.1, 0.15) is 29.5 Å². The number of carboxylic acids is 1. The Balaban J connectivity index is 1.59. The number of carbonyl (C=O) groups is 2. The van der Waals surface area contributed by atoms with Gasteiger partial charge >= 0.3 is 18.3 Å². The zero-order valence-corrected chi connectivity index (χ0v) is 25.6. The molecule has 4 rings (SSSR count). The molecule has 252 valence electrons. The quantitative estimate of drug-likeness (QED) is 0.187. The molecule has 1 unspecified atom stereocenters. The van der Waals surface area contributed by atoms with Gasteiger partial charge in [-0.3, -0.25) is 14.5 Å². The van der Waals surface area contributed by atoms with Crippen LogP contribution in [0.5, 0.6) is 0 Å². The van der Waals surface area contributed by atoms with Crippen LogP contribution in [-0.2, 0) is 26.7 Å². The molecule has 0 radical (unpaired) electrons. The van der Waals surface area contributed by atoms with Gasteiger partial charge in [0.15, 0.2) is 0 Å². The average Bonchev–Trinajstić information content (AvgIpc) is 3.01. The Morgan fingerprint density at radius 1 is 0.913 bits per heavy atom. The molecule has 2 aliphatic heterocycles. The first-order valence-corrected chi connectivity index (χ1v) is 15.5. The smallest absolute Gasteiger partial charge is 0.418 e. The van der Waals surface area contributed by atoms with E-state index in [4.69, 9.17) is 9.84 Å². The van der Waals surface area contributed by atoms with Crippen LogP contribution in [0, 0.1) is 5.92 Å². The Morgan fingerprint density at radius 3 is 2.26 bits per heavy atom. The summed E-state index contributed by atoms with van der Waals surface area (Å²) in [5.74, 6) is -2.29. The molecule has 0 spiro atoms. The van der Waals surface area contributed by atoms with E-state index in [-0.39, 0.29) is 37.7 Å². The fraction of sp³-hybridized carbons (Fsp3) is 0.484. The number of benzene rings is 2. The van der Waals surface area contributed by atoms with Crippen molar-refractivity contribution in [1.82, 2.24) is 9.80 Å². The second kappa shape index (κ2) is 15.5. The molecule has 0 aromatic heterocycles. The number of hydrogen-bond acceptors (Lipinski definition) is 7. The SMILES string of the molecule is O=C(O)C1CCCN(c2ccccc2Sc2ccc(C=CC(=O)N3CCN(CCOCCO)CC3)c(C(F)(F)F)c2C(F)(F)F)C1. The fourth-order valence-corrected chi connectivity index (χ4v) is 6.69. The summed E-state index contributed by atoms with van der Waals surface area (Å²) in [5, 5.41) is 18.2. The van der Waals surface area contributed by atoms with E-state index in [1.165, 1.54) is 11.0 Å². The summed E-state index contributed by atoms with van der Waals surface area (Å²) in [6.07, 6.45) is -8.15. The summed E-state index contributed by atoms with van der Waals surface area (Å²) in [6.45, 7) is 3.17. The van der Waals surface area contributed by atoms with Gasteiger partial charge in [0.25, 0.3) is 0 Å². The number of hydrogen-bond donors (Lipinski definition) is 2. The third-order valence-corrected chi connectivity index (χ3v) is 8.96. The molecule has 0 aliphatic carbocycles. The lowest BCUT2D eigenvalue weighted by Crippen LogP contribution is -2.49. The first kappa shape index (κ1) is 35.6. The Morgan fingerprint density at radius 2 is 1.61 bits per heavy atom. The van der Waals surface area contributed by atoms with E-state index < -0.39 is 51.7 Å². The molecule has 2 aromatic rings. The van der Waals surface area contributed by atoms with Crippen LogP contribution in [0.4, 0.5) is 32.0 Å². The maximum absolute atomic E-state index is 14.5. The molecule has 0 bridgehead atoms. The first-order valence-electron chi connectivity index (χ1n) is 14.7. The molecule has 2 aliphatic rings. The van der Waals surface area contributed by atoms with Gasteiger partial charge in [-0.25, -0.2) is 0 Å². The Bertz CT molecular complexity index is 1400. The fourth-order valence-electron chi connectivity index (χ4n) is 5.55. The molecule has 8 nitrogen and oxygen atoms in total. The van der Waals surface area contributed by atoms with Crippen LogP contribution in [0.2, 0.25) is 0 Å². The highest BCUT2D eigenvalue weighted by molar-refractivity contribution is 7.99. The number of alkyl halides is 6. The number of piperidine rings is 1. The number of rotatable bonds is 11.